The minimum atomic E-state index is 0.595. The summed E-state index contributed by atoms with van der Waals surface area (Å²) in [5, 5.41) is 1.15. The van der Waals surface area contributed by atoms with E-state index in [0.717, 1.165) is 43.2 Å². The molecule has 0 aromatic carbocycles. The second-order valence-electron chi connectivity index (χ2n) is 5.84. The van der Waals surface area contributed by atoms with Crippen LogP contribution in [0.4, 0.5) is 0 Å². The van der Waals surface area contributed by atoms with Crippen molar-refractivity contribution in [1.82, 2.24) is 9.88 Å². The van der Waals surface area contributed by atoms with Crippen molar-refractivity contribution < 1.29 is 4.74 Å². The fraction of sp³-hybridized carbons (Fsp3) is 0.471. The number of fused-ring (bicyclic) bond motifs is 1. The number of aryl methyl sites for hydroxylation is 1. The van der Waals surface area contributed by atoms with Crippen molar-refractivity contribution >= 4 is 23.1 Å². The fourth-order valence-corrected chi connectivity index (χ4v) is 5.16. The highest BCUT2D eigenvalue weighted by atomic mass is 32.2. The molecule has 3 aliphatic rings. The number of hydrogen-bond donors (Lipinski definition) is 0. The second-order valence-corrected chi connectivity index (χ2v) is 8.19. The normalized spacial score (nSPS) is 22.2. The number of rotatable bonds is 3. The van der Waals surface area contributed by atoms with E-state index in [2.05, 4.69) is 35.2 Å². The van der Waals surface area contributed by atoms with Gasteiger partial charge in [0.05, 0.1) is 10.7 Å². The van der Waals surface area contributed by atoms with Crippen LogP contribution in [0.1, 0.15) is 22.7 Å². The van der Waals surface area contributed by atoms with Crippen molar-refractivity contribution in [2.45, 2.75) is 32.2 Å². The van der Waals surface area contributed by atoms with Gasteiger partial charge >= 0.3 is 0 Å². The van der Waals surface area contributed by atoms with Gasteiger partial charge in [0.2, 0.25) is 0 Å². The molecule has 1 saturated heterocycles. The molecule has 3 nitrogen and oxygen atoms in total. The average Bonchev–Trinajstić information content (AvgIpc) is 3.18. The van der Waals surface area contributed by atoms with Crippen LogP contribution in [0.15, 0.2) is 40.7 Å². The number of aromatic nitrogens is 1. The quantitative estimate of drug-likeness (QED) is 0.838. The van der Waals surface area contributed by atoms with E-state index < -0.39 is 0 Å². The Morgan fingerprint density at radius 2 is 2.23 bits per heavy atom. The molecular weight excluding hydrogens is 312 g/mol. The number of allylic oxidation sites excluding steroid dienone is 2. The van der Waals surface area contributed by atoms with Gasteiger partial charge in [0.1, 0.15) is 0 Å². The fourth-order valence-electron chi connectivity index (χ4n) is 3.27. The van der Waals surface area contributed by atoms with Crippen LogP contribution in [0.3, 0.4) is 0 Å². The molecule has 1 aromatic heterocycles. The van der Waals surface area contributed by atoms with Gasteiger partial charge in [-0.15, -0.1) is 23.1 Å². The van der Waals surface area contributed by atoms with Crippen LogP contribution in [0.25, 0.3) is 0 Å². The molecule has 0 bridgehead atoms. The Labute approximate surface area is 139 Å². The van der Waals surface area contributed by atoms with Gasteiger partial charge in [-0.1, -0.05) is 0 Å². The van der Waals surface area contributed by atoms with Crippen LogP contribution >= 0.6 is 23.1 Å². The topological polar surface area (TPSA) is 25.4 Å². The molecule has 116 valence electrons. The largest absolute Gasteiger partial charge is 0.381 e. The molecule has 0 radical (unpaired) electrons. The summed E-state index contributed by atoms with van der Waals surface area (Å²) in [5.41, 5.74) is 2.87. The molecule has 0 amide bonds. The van der Waals surface area contributed by atoms with Crippen molar-refractivity contribution in [2.75, 3.05) is 19.0 Å². The van der Waals surface area contributed by atoms with Crippen LogP contribution in [0, 0.1) is 6.92 Å². The maximum Gasteiger partial charge on any atom is 0.0896 e. The van der Waals surface area contributed by atoms with Crippen molar-refractivity contribution in [3.05, 3.63) is 50.6 Å². The molecule has 0 atom stereocenters. The van der Waals surface area contributed by atoms with E-state index in [1.54, 1.807) is 11.3 Å². The smallest absolute Gasteiger partial charge is 0.0896 e. The van der Waals surface area contributed by atoms with Gasteiger partial charge in [0, 0.05) is 53.6 Å². The van der Waals surface area contributed by atoms with E-state index in [1.807, 2.05) is 18.0 Å². The van der Waals surface area contributed by atoms with Crippen LogP contribution in [-0.2, 0) is 11.2 Å². The molecule has 0 saturated carbocycles. The van der Waals surface area contributed by atoms with Gasteiger partial charge in [-0.3, -0.25) is 0 Å². The first-order valence-corrected chi connectivity index (χ1v) is 9.63. The van der Waals surface area contributed by atoms with Crippen LogP contribution in [0.5, 0.6) is 0 Å². The predicted octanol–water partition coefficient (Wildman–Crippen LogP) is 3.89. The first kappa shape index (κ1) is 14.5. The molecule has 1 fully saturated rings. The van der Waals surface area contributed by atoms with Crippen molar-refractivity contribution in [3.63, 3.8) is 0 Å². The van der Waals surface area contributed by atoms with Crippen LogP contribution in [-0.4, -0.2) is 34.9 Å². The van der Waals surface area contributed by atoms with E-state index in [0.29, 0.717) is 6.04 Å². The second kappa shape index (κ2) is 6.22. The molecule has 0 N–H and O–H groups in total. The minimum Gasteiger partial charge on any atom is -0.381 e. The average molecular weight is 332 g/mol. The lowest BCUT2D eigenvalue weighted by Gasteiger charge is -2.37. The molecule has 22 heavy (non-hydrogen) atoms. The van der Waals surface area contributed by atoms with Crippen LogP contribution in [0.2, 0.25) is 0 Å². The van der Waals surface area contributed by atoms with E-state index in [1.165, 1.54) is 21.1 Å². The van der Waals surface area contributed by atoms with Gasteiger partial charge in [0.15, 0.2) is 0 Å². The van der Waals surface area contributed by atoms with Gasteiger partial charge in [-0.05, 0) is 37.5 Å². The van der Waals surface area contributed by atoms with Crippen LogP contribution < -0.4 is 0 Å². The zero-order chi connectivity index (χ0) is 14.9. The van der Waals surface area contributed by atoms with E-state index in [-0.39, 0.29) is 0 Å². The highest BCUT2D eigenvalue weighted by molar-refractivity contribution is 8.03. The zero-order valence-corrected chi connectivity index (χ0v) is 14.4. The lowest BCUT2D eigenvalue weighted by Crippen LogP contribution is -2.36. The Balaban J connectivity index is 1.57. The SMILES string of the molecule is Cc1ncc(CC2=C3SCC=C3N(C3CCOCC3)C=C2)s1. The molecule has 1 aromatic rings. The van der Waals surface area contributed by atoms with E-state index in [9.17, 15) is 0 Å². The third-order valence-electron chi connectivity index (χ3n) is 4.36. The Kier molecular flexibility index (Phi) is 4.11. The Morgan fingerprint density at radius 3 is 3.00 bits per heavy atom. The standard InChI is InChI=1S/C17H20N2OS2/c1-12-18-11-15(22-12)10-13-2-6-19(14-3-7-20-8-4-14)16-5-9-21-17(13)16/h2,5-6,11,14H,3-4,7-10H2,1H3. The number of thiazole rings is 1. The zero-order valence-electron chi connectivity index (χ0n) is 12.7. The molecule has 5 heteroatoms. The summed E-state index contributed by atoms with van der Waals surface area (Å²) in [6, 6.07) is 0.595. The minimum absolute atomic E-state index is 0.595. The summed E-state index contributed by atoms with van der Waals surface area (Å²) in [4.78, 5) is 9.70. The molecule has 0 unspecified atom stereocenters. The summed E-state index contributed by atoms with van der Waals surface area (Å²) >= 11 is 3.78. The predicted molar refractivity (Wildman–Crippen MR) is 92.9 cm³/mol. The van der Waals surface area contributed by atoms with Crippen molar-refractivity contribution in [3.8, 4) is 0 Å². The Bertz CT molecular complexity index is 653. The first-order valence-electron chi connectivity index (χ1n) is 7.83. The molecule has 3 aliphatic heterocycles. The Morgan fingerprint density at radius 1 is 1.36 bits per heavy atom. The van der Waals surface area contributed by atoms with E-state index in [4.69, 9.17) is 4.74 Å². The highest BCUT2D eigenvalue weighted by Crippen LogP contribution is 2.42. The highest BCUT2D eigenvalue weighted by Gasteiger charge is 2.29. The van der Waals surface area contributed by atoms with Gasteiger partial charge in [-0.2, -0.15) is 0 Å². The van der Waals surface area contributed by atoms with Gasteiger partial charge in [0.25, 0.3) is 0 Å². The number of thioether (sulfide) groups is 1. The third kappa shape index (κ3) is 2.77. The molecule has 0 aliphatic carbocycles. The number of ether oxygens (including phenoxy) is 1. The maximum atomic E-state index is 5.51. The van der Waals surface area contributed by atoms with E-state index >= 15 is 0 Å². The summed E-state index contributed by atoms with van der Waals surface area (Å²) in [6.07, 6.45) is 12.3. The lowest BCUT2D eigenvalue weighted by atomic mass is 10.0. The molecular formula is C17H20N2OS2. The lowest BCUT2D eigenvalue weighted by molar-refractivity contribution is 0.0580. The number of nitrogens with zero attached hydrogens (tertiary/aromatic N) is 2. The summed E-state index contributed by atoms with van der Waals surface area (Å²) in [6.45, 7) is 3.86. The van der Waals surface area contributed by atoms with Crippen molar-refractivity contribution in [1.29, 1.82) is 0 Å². The maximum absolute atomic E-state index is 5.51. The van der Waals surface area contributed by atoms with Crippen molar-refractivity contribution in [2.24, 2.45) is 0 Å². The Hall–Kier alpha value is -1.04. The summed E-state index contributed by atoms with van der Waals surface area (Å²) in [5.74, 6) is 1.09. The molecule has 4 heterocycles. The molecule has 0 spiro atoms. The first-order chi connectivity index (χ1) is 10.8. The molecule has 4 rings (SSSR count). The van der Waals surface area contributed by atoms with Gasteiger partial charge < -0.3 is 9.64 Å². The summed E-state index contributed by atoms with van der Waals surface area (Å²) < 4.78 is 5.51. The summed E-state index contributed by atoms with van der Waals surface area (Å²) in [7, 11) is 0. The van der Waals surface area contributed by atoms with Gasteiger partial charge in [-0.25, -0.2) is 4.98 Å². The third-order valence-corrected chi connectivity index (χ3v) is 6.37. The number of hydrogen-bond acceptors (Lipinski definition) is 5. The monoisotopic (exact) mass is 332 g/mol.